The summed E-state index contributed by atoms with van der Waals surface area (Å²) in [5.74, 6) is 0.0719. The van der Waals surface area contributed by atoms with Crippen LogP contribution in [0.1, 0.15) is 23.6 Å². The molecule has 1 N–H and O–H groups in total. The molecule has 1 aliphatic carbocycles. The number of hydrogen-bond acceptors (Lipinski definition) is 5. The number of nitrogens with zero attached hydrogens (tertiary/aromatic N) is 2. The number of rotatable bonds is 5. The molecule has 1 amide bonds. The van der Waals surface area contributed by atoms with Crippen LogP contribution in [0.2, 0.25) is 5.02 Å². The van der Waals surface area contributed by atoms with Crippen molar-refractivity contribution in [1.82, 2.24) is 14.9 Å². The molecule has 0 radical (unpaired) electrons. The largest absolute Gasteiger partial charge is 0.349 e. The Kier molecular flexibility index (Phi) is 5.56. The summed E-state index contributed by atoms with van der Waals surface area (Å²) in [7, 11) is 0. The highest BCUT2D eigenvalue weighted by Gasteiger charge is 2.24. The van der Waals surface area contributed by atoms with E-state index in [1.54, 1.807) is 12.1 Å². The van der Waals surface area contributed by atoms with Crippen molar-refractivity contribution in [3.8, 4) is 5.69 Å². The first kappa shape index (κ1) is 20.3. The molecule has 2 heterocycles. The van der Waals surface area contributed by atoms with Gasteiger partial charge in [-0.15, -0.1) is 11.3 Å². The number of fused-ring (bicyclic) bond motifs is 2. The normalized spacial score (nSPS) is 15.2. The Hall–Kier alpha value is -2.61. The van der Waals surface area contributed by atoms with Gasteiger partial charge in [-0.1, -0.05) is 59.8 Å². The zero-order valence-electron chi connectivity index (χ0n) is 16.4. The molecule has 0 fully saturated rings. The van der Waals surface area contributed by atoms with Crippen molar-refractivity contribution in [1.29, 1.82) is 0 Å². The molecular formula is C23H18ClN3O2S2. The van der Waals surface area contributed by atoms with E-state index in [2.05, 4.69) is 22.4 Å². The number of amides is 1. The summed E-state index contributed by atoms with van der Waals surface area (Å²) in [4.78, 5) is 30.6. The van der Waals surface area contributed by atoms with Crippen molar-refractivity contribution < 1.29 is 4.79 Å². The van der Waals surface area contributed by atoms with E-state index in [0.717, 1.165) is 12.8 Å². The van der Waals surface area contributed by atoms with E-state index in [-0.39, 0.29) is 23.3 Å². The van der Waals surface area contributed by atoms with Gasteiger partial charge in [-0.3, -0.25) is 14.2 Å². The highest BCUT2D eigenvalue weighted by atomic mass is 35.5. The van der Waals surface area contributed by atoms with Crippen molar-refractivity contribution in [2.45, 2.75) is 24.0 Å². The van der Waals surface area contributed by atoms with Crippen LogP contribution in [-0.4, -0.2) is 21.2 Å². The predicted molar refractivity (Wildman–Crippen MR) is 127 cm³/mol. The van der Waals surface area contributed by atoms with Crippen molar-refractivity contribution >= 4 is 50.8 Å². The minimum Gasteiger partial charge on any atom is -0.349 e. The molecule has 2 aromatic heterocycles. The number of thioether (sulfide) groups is 1. The Morgan fingerprint density at radius 1 is 1.19 bits per heavy atom. The fraction of sp³-hybridized carbons (Fsp3) is 0.174. The molecule has 1 aliphatic rings. The first-order valence-corrected chi connectivity index (χ1v) is 12.1. The molecule has 0 saturated carbocycles. The minimum absolute atomic E-state index is 0.0300. The summed E-state index contributed by atoms with van der Waals surface area (Å²) in [6, 6.07) is 17.2. The van der Waals surface area contributed by atoms with Crippen LogP contribution in [0.4, 0.5) is 0 Å². The lowest BCUT2D eigenvalue weighted by Gasteiger charge is -2.15. The summed E-state index contributed by atoms with van der Waals surface area (Å²) < 4.78 is 2.07. The highest BCUT2D eigenvalue weighted by molar-refractivity contribution is 7.99. The molecule has 2 aromatic carbocycles. The maximum absolute atomic E-state index is 13.2. The van der Waals surface area contributed by atoms with E-state index in [9.17, 15) is 9.59 Å². The molecule has 1 unspecified atom stereocenters. The number of thiophene rings is 1. The van der Waals surface area contributed by atoms with E-state index >= 15 is 0 Å². The molecule has 31 heavy (non-hydrogen) atoms. The van der Waals surface area contributed by atoms with Crippen LogP contribution in [0.3, 0.4) is 0 Å². The SMILES string of the molecule is O=C(CSc1nc2ccsc2c(=O)n1-c1ccccc1Cl)NC1CCc2ccccc21. The second kappa shape index (κ2) is 8.49. The second-order valence-electron chi connectivity index (χ2n) is 7.27. The van der Waals surface area contributed by atoms with Crippen LogP contribution >= 0.6 is 34.7 Å². The first-order chi connectivity index (χ1) is 15.1. The molecule has 0 saturated heterocycles. The van der Waals surface area contributed by atoms with Crippen molar-refractivity contribution in [3.05, 3.63) is 86.5 Å². The van der Waals surface area contributed by atoms with E-state index in [4.69, 9.17) is 11.6 Å². The van der Waals surface area contributed by atoms with Gasteiger partial charge in [-0.05, 0) is 47.5 Å². The standard InChI is InChI=1S/C23H18ClN3O2S2/c24-16-7-3-4-8-19(16)27-22(29)21-18(11-12-30-21)26-23(27)31-13-20(28)25-17-10-9-14-5-1-2-6-15(14)17/h1-8,11-12,17H,9-10,13H2,(H,25,28). The van der Waals surface area contributed by atoms with Gasteiger partial charge in [-0.25, -0.2) is 4.98 Å². The lowest BCUT2D eigenvalue weighted by molar-refractivity contribution is -0.119. The van der Waals surface area contributed by atoms with E-state index in [0.29, 0.717) is 26.1 Å². The summed E-state index contributed by atoms with van der Waals surface area (Å²) in [5, 5.41) is 5.87. The first-order valence-electron chi connectivity index (χ1n) is 9.87. The number of aryl methyl sites for hydroxylation is 1. The third kappa shape index (κ3) is 3.89. The number of aromatic nitrogens is 2. The Morgan fingerprint density at radius 3 is 2.87 bits per heavy atom. The van der Waals surface area contributed by atoms with E-state index in [1.165, 1.54) is 38.8 Å². The zero-order valence-corrected chi connectivity index (χ0v) is 18.8. The third-order valence-electron chi connectivity index (χ3n) is 5.34. The van der Waals surface area contributed by atoms with Gasteiger partial charge in [0, 0.05) is 0 Å². The van der Waals surface area contributed by atoms with Gasteiger partial charge in [-0.2, -0.15) is 0 Å². The van der Waals surface area contributed by atoms with Crippen LogP contribution in [0.5, 0.6) is 0 Å². The summed E-state index contributed by atoms with van der Waals surface area (Å²) in [6.45, 7) is 0. The highest BCUT2D eigenvalue weighted by Crippen LogP contribution is 2.31. The van der Waals surface area contributed by atoms with Gasteiger partial charge >= 0.3 is 0 Å². The van der Waals surface area contributed by atoms with Crippen LogP contribution in [0, 0.1) is 0 Å². The topological polar surface area (TPSA) is 64.0 Å². The number of benzene rings is 2. The molecule has 0 aliphatic heterocycles. The van der Waals surface area contributed by atoms with E-state index < -0.39 is 0 Å². The maximum atomic E-state index is 13.2. The molecule has 5 rings (SSSR count). The predicted octanol–water partition coefficient (Wildman–Crippen LogP) is 5.00. The molecule has 0 bridgehead atoms. The monoisotopic (exact) mass is 467 g/mol. The fourth-order valence-electron chi connectivity index (χ4n) is 3.91. The lowest BCUT2D eigenvalue weighted by atomic mass is 10.1. The molecular weight excluding hydrogens is 450 g/mol. The Labute approximate surface area is 192 Å². The Balaban J connectivity index is 1.42. The second-order valence-corrected chi connectivity index (χ2v) is 9.53. The van der Waals surface area contributed by atoms with Gasteiger partial charge < -0.3 is 5.32 Å². The van der Waals surface area contributed by atoms with Crippen molar-refractivity contribution in [2.24, 2.45) is 0 Å². The Bertz CT molecular complexity index is 1350. The summed E-state index contributed by atoms with van der Waals surface area (Å²) >= 11 is 8.97. The number of nitrogens with one attached hydrogen (secondary N) is 1. The number of halogens is 1. The molecule has 4 aromatic rings. The number of carbonyl (C=O) groups is 1. The van der Waals surface area contributed by atoms with E-state index in [1.807, 2.05) is 35.7 Å². The molecule has 0 spiro atoms. The van der Waals surface area contributed by atoms with Crippen LogP contribution in [0.15, 0.2) is 69.9 Å². The third-order valence-corrected chi connectivity index (χ3v) is 7.49. The average molecular weight is 468 g/mol. The van der Waals surface area contributed by atoms with Gasteiger partial charge in [0.15, 0.2) is 5.16 Å². The smallest absolute Gasteiger partial charge is 0.276 e. The Morgan fingerprint density at radius 2 is 2.00 bits per heavy atom. The minimum atomic E-state index is -0.180. The van der Waals surface area contributed by atoms with Crippen LogP contribution in [-0.2, 0) is 11.2 Å². The van der Waals surface area contributed by atoms with Gasteiger partial charge in [0.25, 0.3) is 5.56 Å². The summed E-state index contributed by atoms with van der Waals surface area (Å²) in [5.41, 5.74) is 3.49. The number of hydrogen-bond donors (Lipinski definition) is 1. The maximum Gasteiger partial charge on any atom is 0.276 e. The van der Waals surface area contributed by atoms with Crippen molar-refractivity contribution in [2.75, 3.05) is 5.75 Å². The fourth-order valence-corrected chi connectivity index (χ4v) is 5.70. The number of para-hydroxylation sites is 1. The molecule has 8 heteroatoms. The van der Waals surface area contributed by atoms with Gasteiger partial charge in [0.2, 0.25) is 5.91 Å². The summed E-state index contributed by atoms with van der Waals surface area (Å²) in [6.07, 6.45) is 1.87. The number of carbonyl (C=O) groups excluding carboxylic acids is 1. The zero-order chi connectivity index (χ0) is 21.4. The van der Waals surface area contributed by atoms with Crippen LogP contribution < -0.4 is 10.9 Å². The van der Waals surface area contributed by atoms with Gasteiger partial charge in [0.05, 0.1) is 28.0 Å². The van der Waals surface area contributed by atoms with Crippen molar-refractivity contribution in [3.63, 3.8) is 0 Å². The average Bonchev–Trinajstić information content (AvgIpc) is 3.41. The quantitative estimate of drug-likeness (QED) is 0.331. The van der Waals surface area contributed by atoms with Gasteiger partial charge in [0.1, 0.15) is 4.70 Å². The molecule has 1 atom stereocenters. The lowest BCUT2D eigenvalue weighted by Crippen LogP contribution is -2.29. The molecule has 5 nitrogen and oxygen atoms in total. The van der Waals surface area contributed by atoms with Crippen LogP contribution in [0.25, 0.3) is 15.9 Å². The molecule has 156 valence electrons.